The molecule has 28 heavy (non-hydrogen) atoms. The first-order chi connectivity index (χ1) is 13.6. The number of hydrogen-bond acceptors (Lipinski definition) is 4. The van der Waals surface area contributed by atoms with Crippen LogP contribution in [0.3, 0.4) is 0 Å². The standard InChI is InChI=1S/C24H33N3O/c1-19-8-6-10-21(25-19)16-27(17-22-11-7-9-20(2)26-22)18-23-12-15-24(28-23)13-4-3-5-14-24/h6-11,23H,3-5,12-18H2,1-2H3/t23-/m1/s1. The zero-order chi connectivity index (χ0) is 19.4. The summed E-state index contributed by atoms with van der Waals surface area (Å²) in [6.07, 6.45) is 9.28. The van der Waals surface area contributed by atoms with E-state index < -0.39 is 0 Å². The average Bonchev–Trinajstić information content (AvgIpc) is 3.04. The predicted octanol–water partition coefficient (Wildman–Crippen LogP) is 4.98. The second-order valence-electron chi connectivity index (χ2n) is 8.73. The SMILES string of the molecule is Cc1cccc(CN(Cc2cccc(C)n2)C[C@H]2CCC3(CCCCC3)O2)n1. The molecular formula is C24H33N3O. The van der Waals surface area contributed by atoms with Gasteiger partial charge in [0, 0.05) is 31.0 Å². The Balaban J connectivity index is 1.46. The summed E-state index contributed by atoms with van der Waals surface area (Å²) < 4.78 is 6.66. The van der Waals surface area contributed by atoms with E-state index in [-0.39, 0.29) is 5.60 Å². The fourth-order valence-corrected chi connectivity index (χ4v) is 4.89. The zero-order valence-corrected chi connectivity index (χ0v) is 17.4. The van der Waals surface area contributed by atoms with Crippen LogP contribution in [0.1, 0.15) is 67.7 Å². The maximum atomic E-state index is 6.66. The number of rotatable bonds is 6. The van der Waals surface area contributed by atoms with E-state index >= 15 is 0 Å². The Bertz CT molecular complexity index is 737. The number of nitrogens with zero attached hydrogens (tertiary/aromatic N) is 3. The van der Waals surface area contributed by atoms with Crippen LogP contribution < -0.4 is 0 Å². The van der Waals surface area contributed by atoms with Crippen LogP contribution in [0.5, 0.6) is 0 Å². The highest BCUT2D eigenvalue weighted by atomic mass is 16.5. The van der Waals surface area contributed by atoms with Crippen molar-refractivity contribution in [2.75, 3.05) is 6.54 Å². The van der Waals surface area contributed by atoms with Crippen molar-refractivity contribution in [2.45, 2.75) is 83.6 Å². The third-order valence-electron chi connectivity index (χ3n) is 6.23. The van der Waals surface area contributed by atoms with E-state index in [2.05, 4.69) is 55.1 Å². The molecule has 0 bridgehead atoms. The van der Waals surface area contributed by atoms with Gasteiger partial charge in [0.05, 0.1) is 23.1 Å². The molecule has 1 atom stereocenters. The van der Waals surface area contributed by atoms with Crippen LogP contribution in [0.2, 0.25) is 0 Å². The highest BCUT2D eigenvalue weighted by Crippen LogP contribution is 2.42. The predicted molar refractivity (Wildman–Crippen MR) is 112 cm³/mol. The second-order valence-corrected chi connectivity index (χ2v) is 8.73. The van der Waals surface area contributed by atoms with Gasteiger partial charge in [-0.05, 0) is 63.8 Å². The molecule has 0 amide bonds. The van der Waals surface area contributed by atoms with Crippen LogP contribution in [0.4, 0.5) is 0 Å². The highest BCUT2D eigenvalue weighted by Gasteiger charge is 2.41. The second kappa shape index (κ2) is 8.71. The van der Waals surface area contributed by atoms with Gasteiger partial charge in [-0.1, -0.05) is 31.4 Å². The van der Waals surface area contributed by atoms with E-state index in [9.17, 15) is 0 Å². The van der Waals surface area contributed by atoms with Crippen molar-refractivity contribution in [1.29, 1.82) is 0 Å². The van der Waals surface area contributed by atoms with Crippen molar-refractivity contribution in [3.8, 4) is 0 Å². The van der Waals surface area contributed by atoms with Crippen molar-refractivity contribution in [3.63, 3.8) is 0 Å². The third-order valence-corrected chi connectivity index (χ3v) is 6.23. The lowest BCUT2D eigenvalue weighted by atomic mass is 9.83. The molecule has 150 valence electrons. The van der Waals surface area contributed by atoms with Crippen molar-refractivity contribution in [3.05, 3.63) is 59.2 Å². The van der Waals surface area contributed by atoms with Gasteiger partial charge in [0.25, 0.3) is 0 Å². The molecule has 0 N–H and O–H groups in total. The topological polar surface area (TPSA) is 38.2 Å². The van der Waals surface area contributed by atoms with Crippen LogP contribution in [0.25, 0.3) is 0 Å². The van der Waals surface area contributed by atoms with Crippen molar-refractivity contribution < 1.29 is 4.74 Å². The summed E-state index contributed by atoms with van der Waals surface area (Å²) in [5.41, 5.74) is 4.57. The summed E-state index contributed by atoms with van der Waals surface area (Å²) in [5.74, 6) is 0. The van der Waals surface area contributed by atoms with Crippen LogP contribution in [0, 0.1) is 13.8 Å². The maximum Gasteiger partial charge on any atom is 0.0710 e. The molecule has 4 heteroatoms. The molecule has 3 heterocycles. The van der Waals surface area contributed by atoms with Gasteiger partial charge in [-0.2, -0.15) is 0 Å². The molecule has 1 saturated heterocycles. The maximum absolute atomic E-state index is 6.66. The van der Waals surface area contributed by atoms with E-state index in [1.807, 2.05) is 0 Å². The van der Waals surface area contributed by atoms with Crippen LogP contribution in [-0.4, -0.2) is 33.1 Å². The molecule has 2 aromatic rings. The summed E-state index contributed by atoms with van der Waals surface area (Å²) in [4.78, 5) is 11.9. The number of aryl methyl sites for hydroxylation is 2. The number of hydrogen-bond donors (Lipinski definition) is 0. The van der Waals surface area contributed by atoms with E-state index in [1.54, 1.807) is 0 Å². The van der Waals surface area contributed by atoms with Gasteiger partial charge in [-0.25, -0.2) is 0 Å². The van der Waals surface area contributed by atoms with Gasteiger partial charge < -0.3 is 4.74 Å². The van der Waals surface area contributed by atoms with Gasteiger partial charge in [-0.15, -0.1) is 0 Å². The Morgan fingerprint density at radius 1 is 0.893 bits per heavy atom. The van der Waals surface area contributed by atoms with E-state index in [1.165, 1.54) is 44.9 Å². The first kappa shape index (κ1) is 19.5. The molecule has 1 spiro atoms. The summed E-state index contributed by atoms with van der Waals surface area (Å²) in [5, 5.41) is 0. The zero-order valence-electron chi connectivity index (χ0n) is 17.4. The minimum atomic E-state index is 0.178. The highest BCUT2D eigenvalue weighted by molar-refractivity contribution is 5.12. The monoisotopic (exact) mass is 379 g/mol. The first-order valence-electron chi connectivity index (χ1n) is 10.9. The summed E-state index contributed by atoms with van der Waals surface area (Å²) in [6, 6.07) is 12.6. The first-order valence-corrected chi connectivity index (χ1v) is 10.9. The Morgan fingerprint density at radius 2 is 1.50 bits per heavy atom. The molecule has 2 aliphatic rings. The van der Waals surface area contributed by atoms with Gasteiger partial charge in [0.15, 0.2) is 0 Å². The molecule has 1 aliphatic carbocycles. The van der Waals surface area contributed by atoms with Crippen molar-refractivity contribution in [1.82, 2.24) is 14.9 Å². The molecule has 1 saturated carbocycles. The average molecular weight is 380 g/mol. The molecule has 0 radical (unpaired) electrons. The molecule has 2 fully saturated rings. The molecule has 0 unspecified atom stereocenters. The molecule has 0 aromatic carbocycles. The number of ether oxygens (including phenoxy) is 1. The smallest absolute Gasteiger partial charge is 0.0710 e. The molecule has 4 nitrogen and oxygen atoms in total. The lowest BCUT2D eigenvalue weighted by molar-refractivity contribution is -0.0732. The fourth-order valence-electron chi connectivity index (χ4n) is 4.89. The van der Waals surface area contributed by atoms with Crippen LogP contribution in [-0.2, 0) is 17.8 Å². The summed E-state index contributed by atoms with van der Waals surface area (Å²) in [7, 11) is 0. The largest absolute Gasteiger partial charge is 0.370 e. The quantitative estimate of drug-likeness (QED) is 0.710. The molecular weight excluding hydrogens is 346 g/mol. The minimum absolute atomic E-state index is 0.178. The molecule has 4 rings (SSSR count). The van der Waals surface area contributed by atoms with Crippen molar-refractivity contribution >= 4 is 0 Å². The third kappa shape index (κ3) is 4.98. The Labute approximate surface area is 169 Å². The fraction of sp³-hybridized carbons (Fsp3) is 0.583. The Hall–Kier alpha value is -1.78. The van der Waals surface area contributed by atoms with Gasteiger partial charge in [0.1, 0.15) is 0 Å². The van der Waals surface area contributed by atoms with E-state index in [4.69, 9.17) is 14.7 Å². The Morgan fingerprint density at radius 3 is 2.07 bits per heavy atom. The normalized spacial score (nSPS) is 21.5. The van der Waals surface area contributed by atoms with E-state index in [0.29, 0.717) is 6.10 Å². The van der Waals surface area contributed by atoms with Crippen LogP contribution in [0.15, 0.2) is 36.4 Å². The Kier molecular flexibility index (Phi) is 6.07. The number of aromatic nitrogens is 2. The lowest BCUT2D eigenvalue weighted by Gasteiger charge is -2.34. The lowest BCUT2D eigenvalue weighted by Crippen LogP contribution is -2.36. The van der Waals surface area contributed by atoms with Crippen molar-refractivity contribution in [2.24, 2.45) is 0 Å². The van der Waals surface area contributed by atoms with Gasteiger partial charge >= 0.3 is 0 Å². The molecule has 2 aromatic heterocycles. The van der Waals surface area contributed by atoms with E-state index in [0.717, 1.165) is 42.4 Å². The van der Waals surface area contributed by atoms with Gasteiger partial charge in [-0.3, -0.25) is 14.9 Å². The number of pyridine rings is 2. The minimum Gasteiger partial charge on any atom is -0.370 e. The summed E-state index contributed by atoms with van der Waals surface area (Å²) >= 11 is 0. The van der Waals surface area contributed by atoms with Gasteiger partial charge in [0.2, 0.25) is 0 Å². The molecule has 1 aliphatic heterocycles. The summed E-state index contributed by atoms with van der Waals surface area (Å²) in [6.45, 7) is 6.74. The van der Waals surface area contributed by atoms with Crippen LogP contribution >= 0.6 is 0 Å².